The maximum absolute atomic E-state index is 13.8. The molecule has 1 aromatic heterocycles. The number of hydrogen-bond acceptors (Lipinski definition) is 4. The SMILES string of the molecule is O=C(O)c1ccnc(C(=O)NC2CCN(C(=O)c3ccccc3F)CC2)c1. The minimum atomic E-state index is -1.13. The highest BCUT2D eigenvalue weighted by Crippen LogP contribution is 2.16. The first kappa shape index (κ1) is 18.5. The Morgan fingerprint density at radius 1 is 1.15 bits per heavy atom. The number of carbonyl (C=O) groups excluding carboxylic acids is 2. The number of aromatic carboxylic acids is 1. The Bertz CT molecular complexity index is 879. The molecule has 27 heavy (non-hydrogen) atoms. The highest BCUT2D eigenvalue weighted by Gasteiger charge is 2.26. The summed E-state index contributed by atoms with van der Waals surface area (Å²) in [4.78, 5) is 41.1. The molecule has 0 atom stereocenters. The van der Waals surface area contributed by atoms with Gasteiger partial charge in [-0.3, -0.25) is 14.6 Å². The molecule has 0 spiro atoms. The highest BCUT2D eigenvalue weighted by molar-refractivity contribution is 5.96. The van der Waals surface area contributed by atoms with Crippen molar-refractivity contribution < 1.29 is 23.9 Å². The Hall–Kier alpha value is -3.29. The van der Waals surface area contributed by atoms with Crippen LogP contribution in [0.3, 0.4) is 0 Å². The molecule has 140 valence electrons. The number of aromatic nitrogens is 1. The van der Waals surface area contributed by atoms with Gasteiger partial charge in [0.15, 0.2) is 0 Å². The van der Waals surface area contributed by atoms with E-state index in [9.17, 15) is 18.8 Å². The molecule has 0 unspecified atom stereocenters. The third kappa shape index (κ3) is 4.28. The predicted molar refractivity (Wildman–Crippen MR) is 94.0 cm³/mol. The van der Waals surface area contributed by atoms with Crippen LogP contribution in [0.15, 0.2) is 42.6 Å². The van der Waals surface area contributed by atoms with E-state index in [4.69, 9.17) is 5.11 Å². The van der Waals surface area contributed by atoms with Crippen molar-refractivity contribution in [1.82, 2.24) is 15.2 Å². The van der Waals surface area contributed by atoms with Crippen molar-refractivity contribution in [3.05, 3.63) is 65.2 Å². The fraction of sp³-hybridized carbons (Fsp3) is 0.263. The molecule has 2 heterocycles. The Morgan fingerprint density at radius 2 is 1.85 bits per heavy atom. The third-order valence-corrected chi connectivity index (χ3v) is 4.46. The number of hydrogen-bond donors (Lipinski definition) is 2. The minimum absolute atomic E-state index is 0.0135. The lowest BCUT2D eigenvalue weighted by Crippen LogP contribution is -2.46. The zero-order valence-electron chi connectivity index (χ0n) is 14.4. The van der Waals surface area contributed by atoms with Crippen LogP contribution in [-0.2, 0) is 0 Å². The number of piperidine rings is 1. The first-order chi connectivity index (χ1) is 13.0. The number of halogens is 1. The van der Waals surface area contributed by atoms with Crippen LogP contribution in [-0.4, -0.2) is 51.9 Å². The van der Waals surface area contributed by atoms with Gasteiger partial charge in [0.25, 0.3) is 11.8 Å². The van der Waals surface area contributed by atoms with Gasteiger partial charge < -0.3 is 15.3 Å². The molecule has 2 amide bonds. The number of nitrogens with zero attached hydrogens (tertiary/aromatic N) is 2. The molecule has 1 saturated heterocycles. The minimum Gasteiger partial charge on any atom is -0.478 e. The lowest BCUT2D eigenvalue weighted by atomic mass is 10.0. The number of rotatable bonds is 4. The summed E-state index contributed by atoms with van der Waals surface area (Å²) < 4.78 is 13.8. The van der Waals surface area contributed by atoms with Gasteiger partial charge in [-0.25, -0.2) is 9.18 Å². The van der Waals surface area contributed by atoms with E-state index in [0.29, 0.717) is 25.9 Å². The van der Waals surface area contributed by atoms with Crippen LogP contribution >= 0.6 is 0 Å². The summed E-state index contributed by atoms with van der Waals surface area (Å²) in [5, 5.41) is 11.8. The van der Waals surface area contributed by atoms with Gasteiger partial charge in [0.2, 0.25) is 0 Å². The van der Waals surface area contributed by atoms with Crippen LogP contribution < -0.4 is 5.32 Å². The zero-order chi connectivity index (χ0) is 19.4. The van der Waals surface area contributed by atoms with Crippen molar-refractivity contribution in [3.8, 4) is 0 Å². The van der Waals surface area contributed by atoms with Crippen molar-refractivity contribution in [2.75, 3.05) is 13.1 Å². The van der Waals surface area contributed by atoms with Crippen LogP contribution in [0.2, 0.25) is 0 Å². The molecule has 8 heteroatoms. The smallest absolute Gasteiger partial charge is 0.335 e. The van der Waals surface area contributed by atoms with E-state index in [-0.39, 0.29) is 28.8 Å². The number of likely N-dealkylation sites (tertiary alicyclic amines) is 1. The summed E-state index contributed by atoms with van der Waals surface area (Å²) in [5.41, 5.74) is 0.0508. The van der Waals surface area contributed by atoms with E-state index in [2.05, 4.69) is 10.3 Å². The van der Waals surface area contributed by atoms with Crippen LogP contribution in [0.4, 0.5) is 4.39 Å². The molecule has 1 aliphatic heterocycles. The molecule has 2 aromatic rings. The van der Waals surface area contributed by atoms with Gasteiger partial charge in [-0.1, -0.05) is 12.1 Å². The fourth-order valence-electron chi connectivity index (χ4n) is 2.98. The van der Waals surface area contributed by atoms with Gasteiger partial charge in [0.1, 0.15) is 11.5 Å². The molecule has 1 aliphatic rings. The quantitative estimate of drug-likeness (QED) is 0.856. The maximum atomic E-state index is 13.8. The summed E-state index contributed by atoms with van der Waals surface area (Å²) in [5.74, 6) is -2.51. The Balaban J connectivity index is 1.57. The average Bonchev–Trinajstić information content (AvgIpc) is 2.68. The summed E-state index contributed by atoms with van der Waals surface area (Å²) in [6, 6.07) is 8.20. The first-order valence-corrected chi connectivity index (χ1v) is 8.49. The van der Waals surface area contributed by atoms with Crippen LogP contribution in [0, 0.1) is 5.82 Å². The lowest BCUT2D eigenvalue weighted by molar-refractivity contribution is 0.0686. The van der Waals surface area contributed by atoms with E-state index in [1.807, 2.05) is 0 Å². The number of carboxylic acid groups (broad SMARTS) is 1. The van der Waals surface area contributed by atoms with Gasteiger partial charge in [0, 0.05) is 25.3 Å². The van der Waals surface area contributed by atoms with Gasteiger partial charge in [-0.05, 0) is 37.1 Å². The van der Waals surface area contributed by atoms with Crippen molar-refractivity contribution in [1.29, 1.82) is 0 Å². The largest absolute Gasteiger partial charge is 0.478 e. The highest BCUT2D eigenvalue weighted by atomic mass is 19.1. The van der Waals surface area contributed by atoms with Gasteiger partial charge in [-0.2, -0.15) is 0 Å². The van der Waals surface area contributed by atoms with E-state index in [1.54, 1.807) is 11.0 Å². The van der Waals surface area contributed by atoms with Crippen molar-refractivity contribution in [2.24, 2.45) is 0 Å². The van der Waals surface area contributed by atoms with Gasteiger partial charge in [-0.15, -0.1) is 0 Å². The van der Waals surface area contributed by atoms with E-state index in [1.165, 1.54) is 36.5 Å². The second-order valence-corrected chi connectivity index (χ2v) is 6.25. The van der Waals surface area contributed by atoms with Crippen molar-refractivity contribution in [2.45, 2.75) is 18.9 Å². The van der Waals surface area contributed by atoms with E-state index < -0.39 is 17.7 Å². The number of amides is 2. The molecule has 2 N–H and O–H groups in total. The molecular formula is C19H18FN3O4. The average molecular weight is 371 g/mol. The molecule has 1 aromatic carbocycles. The van der Waals surface area contributed by atoms with Gasteiger partial charge in [0.05, 0.1) is 11.1 Å². The summed E-state index contributed by atoms with van der Waals surface area (Å²) in [7, 11) is 0. The normalized spacial score (nSPS) is 14.6. The third-order valence-electron chi connectivity index (χ3n) is 4.46. The van der Waals surface area contributed by atoms with E-state index in [0.717, 1.165) is 0 Å². The topological polar surface area (TPSA) is 99.6 Å². The Labute approximate surface area is 154 Å². The molecular weight excluding hydrogens is 353 g/mol. The Morgan fingerprint density at radius 3 is 2.52 bits per heavy atom. The number of carboxylic acids is 1. The molecule has 3 rings (SSSR count). The van der Waals surface area contributed by atoms with Crippen LogP contribution in [0.1, 0.15) is 44.0 Å². The summed E-state index contributed by atoms with van der Waals surface area (Å²) >= 11 is 0. The number of pyridine rings is 1. The summed E-state index contributed by atoms with van der Waals surface area (Å²) in [6.45, 7) is 0.779. The standard InChI is InChI=1S/C19H18FN3O4/c20-15-4-2-1-3-14(15)18(25)23-9-6-13(7-10-23)22-17(24)16-11-12(19(26)27)5-8-21-16/h1-5,8,11,13H,6-7,9-10H2,(H,22,24)(H,26,27). The zero-order valence-corrected chi connectivity index (χ0v) is 14.4. The molecule has 0 aliphatic carbocycles. The first-order valence-electron chi connectivity index (χ1n) is 8.49. The van der Waals surface area contributed by atoms with Crippen molar-refractivity contribution >= 4 is 17.8 Å². The van der Waals surface area contributed by atoms with Gasteiger partial charge >= 0.3 is 5.97 Å². The molecule has 0 bridgehead atoms. The second kappa shape index (κ2) is 7.94. The predicted octanol–water partition coefficient (Wildman–Crippen LogP) is 1.95. The number of carbonyl (C=O) groups is 3. The van der Waals surface area contributed by atoms with Crippen LogP contribution in [0.25, 0.3) is 0 Å². The molecule has 1 fully saturated rings. The fourth-order valence-corrected chi connectivity index (χ4v) is 2.98. The molecule has 0 radical (unpaired) electrons. The van der Waals surface area contributed by atoms with E-state index >= 15 is 0 Å². The van der Waals surface area contributed by atoms with Crippen LogP contribution in [0.5, 0.6) is 0 Å². The van der Waals surface area contributed by atoms with Crippen molar-refractivity contribution in [3.63, 3.8) is 0 Å². The second-order valence-electron chi connectivity index (χ2n) is 6.25. The molecule has 0 saturated carbocycles. The monoisotopic (exact) mass is 371 g/mol. The maximum Gasteiger partial charge on any atom is 0.335 e. The summed E-state index contributed by atoms with van der Waals surface area (Å²) in [6.07, 6.45) is 2.31. The Kier molecular flexibility index (Phi) is 5.44. The number of benzene rings is 1. The molecule has 7 nitrogen and oxygen atoms in total. The lowest BCUT2D eigenvalue weighted by Gasteiger charge is -2.32. The number of nitrogens with one attached hydrogen (secondary N) is 1.